The number of nitrogens with one attached hydrogen (secondary N) is 1. The standard InChI is InChI=1S/C19H19N3OS/c1-12-19-14(6-7-20-12)15-9-16(21-11-13-5-4-8-24-13)18(23-3)10-17(15)22(19)2/h4-10,21H,11H2,1-3H3. The lowest BCUT2D eigenvalue weighted by Gasteiger charge is -2.11. The predicted molar refractivity (Wildman–Crippen MR) is 101 cm³/mol. The van der Waals surface area contributed by atoms with Crippen molar-refractivity contribution in [3.05, 3.63) is 52.5 Å². The van der Waals surface area contributed by atoms with Crippen molar-refractivity contribution in [3.63, 3.8) is 0 Å². The molecule has 0 unspecified atom stereocenters. The van der Waals surface area contributed by atoms with Crippen LogP contribution in [0.15, 0.2) is 41.9 Å². The van der Waals surface area contributed by atoms with E-state index in [4.69, 9.17) is 4.74 Å². The van der Waals surface area contributed by atoms with E-state index in [2.05, 4.69) is 57.6 Å². The number of fused-ring (bicyclic) bond motifs is 3. The molecule has 3 heterocycles. The van der Waals surface area contributed by atoms with Crippen LogP contribution in [0.3, 0.4) is 0 Å². The minimum Gasteiger partial charge on any atom is -0.495 e. The van der Waals surface area contributed by atoms with Crippen molar-refractivity contribution in [2.24, 2.45) is 7.05 Å². The number of aromatic nitrogens is 2. The molecule has 3 aromatic heterocycles. The second-order valence-corrected chi connectivity index (χ2v) is 6.89. The number of ether oxygens (including phenoxy) is 1. The van der Waals surface area contributed by atoms with Gasteiger partial charge in [-0.1, -0.05) is 6.07 Å². The van der Waals surface area contributed by atoms with Gasteiger partial charge in [0, 0.05) is 41.5 Å². The fourth-order valence-electron chi connectivity index (χ4n) is 3.28. The summed E-state index contributed by atoms with van der Waals surface area (Å²) in [6.45, 7) is 2.85. The fourth-order valence-corrected chi connectivity index (χ4v) is 3.93. The van der Waals surface area contributed by atoms with Crippen LogP contribution in [-0.2, 0) is 13.6 Å². The Kier molecular flexibility index (Phi) is 3.65. The van der Waals surface area contributed by atoms with Gasteiger partial charge in [-0.05, 0) is 30.5 Å². The second-order valence-electron chi connectivity index (χ2n) is 5.85. The first-order valence-electron chi connectivity index (χ1n) is 7.87. The monoisotopic (exact) mass is 337 g/mol. The summed E-state index contributed by atoms with van der Waals surface area (Å²) in [7, 11) is 3.80. The van der Waals surface area contributed by atoms with Crippen LogP contribution in [0, 0.1) is 6.92 Å². The van der Waals surface area contributed by atoms with Crippen LogP contribution < -0.4 is 10.1 Å². The zero-order chi connectivity index (χ0) is 16.7. The number of aryl methyl sites for hydroxylation is 2. The maximum Gasteiger partial charge on any atom is 0.144 e. The van der Waals surface area contributed by atoms with Gasteiger partial charge >= 0.3 is 0 Å². The first-order valence-corrected chi connectivity index (χ1v) is 8.75. The molecule has 0 radical (unpaired) electrons. The number of rotatable bonds is 4. The lowest BCUT2D eigenvalue weighted by Crippen LogP contribution is -2.00. The molecule has 0 aliphatic carbocycles. The summed E-state index contributed by atoms with van der Waals surface area (Å²) in [4.78, 5) is 5.73. The van der Waals surface area contributed by atoms with Gasteiger partial charge in [-0.15, -0.1) is 11.3 Å². The van der Waals surface area contributed by atoms with Gasteiger partial charge < -0.3 is 14.6 Å². The molecule has 4 nitrogen and oxygen atoms in total. The molecular formula is C19H19N3OS. The molecular weight excluding hydrogens is 318 g/mol. The molecule has 122 valence electrons. The SMILES string of the molecule is COc1cc2c(cc1NCc1cccs1)c1ccnc(C)c1n2C. The molecule has 0 bridgehead atoms. The summed E-state index contributed by atoms with van der Waals surface area (Å²) < 4.78 is 7.81. The quantitative estimate of drug-likeness (QED) is 0.586. The highest BCUT2D eigenvalue weighted by molar-refractivity contribution is 7.09. The molecule has 5 heteroatoms. The van der Waals surface area contributed by atoms with Crippen LogP contribution in [-0.4, -0.2) is 16.7 Å². The van der Waals surface area contributed by atoms with Crippen molar-refractivity contribution in [3.8, 4) is 5.75 Å². The third kappa shape index (κ3) is 2.32. The molecule has 24 heavy (non-hydrogen) atoms. The zero-order valence-corrected chi connectivity index (χ0v) is 14.8. The van der Waals surface area contributed by atoms with Crippen LogP contribution in [0.5, 0.6) is 5.75 Å². The van der Waals surface area contributed by atoms with Crippen molar-refractivity contribution in [1.29, 1.82) is 0 Å². The first kappa shape index (κ1) is 15.0. The Labute approximate surface area is 144 Å². The topological polar surface area (TPSA) is 39.1 Å². The third-order valence-electron chi connectivity index (χ3n) is 4.45. The average Bonchev–Trinajstić information content (AvgIpc) is 3.20. The molecule has 1 aromatic carbocycles. The molecule has 4 aromatic rings. The normalized spacial score (nSPS) is 11.3. The molecule has 0 saturated heterocycles. The Morgan fingerprint density at radius 1 is 1.25 bits per heavy atom. The smallest absolute Gasteiger partial charge is 0.144 e. The second kappa shape index (κ2) is 5.83. The summed E-state index contributed by atoms with van der Waals surface area (Å²) in [6.07, 6.45) is 1.88. The van der Waals surface area contributed by atoms with Gasteiger partial charge in [-0.2, -0.15) is 0 Å². The van der Waals surface area contributed by atoms with E-state index < -0.39 is 0 Å². The van der Waals surface area contributed by atoms with E-state index in [-0.39, 0.29) is 0 Å². The number of hydrogen-bond donors (Lipinski definition) is 1. The number of hydrogen-bond acceptors (Lipinski definition) is 4. The number of benzene rings is 1. The van der Waals surface area contributed by atoms with Crippen molar-refractivity contribution < 1.29 is 4.74 Å². The molecule has 0 atom stereocenters. The Bertz CT molecular complexity index is 1020. The van der Waals surface area contributed by atoms with Gasteiger partial charge in [0.1, 0.15) is 5.75 Å². The lowest BCUT2D eigenvalue weighted by molar-refractivity contribution is 0.417. The van der Waals surface area contributed by atoms with E-state index in [0.29, 0.717) is 0 Å². The van der Waals surface area contributed by atoms with Crippen LogP contribution in [0.1, 0.15) is 10.6 Å². The van der Waals surface area contributed by atoms with Crippen LogP contribution >= 0.6 is 11.3 Å². The summed E-state index contributed by atoms with van der Waals surface area (Å²) >= 11 is 1.75. The molecule has 0 spiro atoms. The number of anilines is 1. The van der Waals surface area contributed by atoms with Crippen LogP contribution in [0.4, 0.5) is 5.69 Å². The van der Waals surface area contributed by atoms with E-state index in [1.807, 2.05) is 13.1 Å². The van der Waals surface area contributed by atoms with Gasteiger partial charge in [-0.25, -0.2) is 0 Å². The highest BCUT2D eigenvalue weighted by Gasteiger charge is 2.14. The number of nitrogens with zero attached hydrogens (tertiary/aromatic N) is 2. The molecule has 0 aliphatic heterocycles. The van der Waals surface area contributed by atoms with Crippen LogP contribution in [0.2, 0.25) is 0 Å². The van der Waals surface area contributed by atoms with E-state index in [1.54, 1.807) is 18.4 Å². The van der Waals surface area contributed by atoms with Crippen molar-refractivity contribution >= 4 is 38.8 Å². The van der Waals surface area contributed by atoms with E-state index in [0.717, 1.165) is 29.2 Å². The number of methoxy groups -OCH3 is 1. The van der Waals surface area contributed by atoms with Gasteiger partial charge in [0.05, 0.1) is 29.5 Å². The van der Waals surface area contributed by atoms with Crippen LogP contribution in [0.25, 0.3) is 21.8 Å². The largest absolute Gasteiger partial charge is 0.495 e. The predicted octanol–water partition coefficient (Wildman–Crippen LogP) is 4.72. The number of pyridine rings is 1. The minimum atomic E-state index is 0.797. The van der Waals surface area contributed by atoms with Crippen molar-refractivity contribution in [1.82, 2.24) is 9.55 Å². The van der Waals surface area contributed by atoms with E-state index in [9.17, 15) is 0 Å². The summed E-state index contributed by atoms with van der Waals surface area (Å²) in [6, 6.07) is 10.6. The Hall–Kier alpha value is -2.53. The Morgan fingerprint density at radius 3 is 2.88 bits per heavy atom. The molecule has 4 rings (SSSR count). The Balaban J connectivity index is 1.87. The van der Waals surface area contributed by atoms with Gasteiger partial charge in [-0.3, -0.25) is 4.98 Å². The molecule has 0 aliphatic rings. The van der Waals surface area contributed by atoms with Crippen molar-refractivity contribution in [2.45, 2.75) is 13.5 Å². The maximum atomic E-state index is 5.62. The average molecular weight is 337 g/mol. The molecule has 0 saturated carbocycles. The summed E-state index contributed by atoms with van der Waals surface area (Å²) in [5.41, 5.74) is 4.38. The van der Waals surface area contributed by atoms with E-state index >= 15 is 0 Å². The van der Waals surface area contributed by atoms with Crippen molar-refractivity contribution in [2.75, 3.05) is 12.4 Å². The lowest BCUT2D eigenvalue weighted by atomic mass is 10.1. The summed E-state index contributed by atoms with van der Waals surface area (Å²) in [5, 5.41) is 8.04. The highest BCUT2D eigenvalue weighted by Crippen LogP contribution is 2.36. The highest BCUT2D eigenvalue weighted by atomic mass is 32.1. The molecule has 0 amide bonds. The van der Waals surface area contributed by atoms with Gasteiger partial charge in [0.15, 0.2) is 0 Å². The summed E-state index contributed by atoms with van der Waals surface area (Å²) in [5.74, 6) is 0.857. The van der Waals surface area contributed by atoms with Gasteiger partial charge in [0.2, 0.25) is 0 Å². The first-order chi connectivity index (χ1) is 11.7. The molecule has 1 N–H and O–H groups in total. The zero-order valence-electron chi connectivity index (χ0n) is 14.0. The van der Waals surface area contributed by atoms with Gasteiger partial charge in [0.25, 0.3) is 0 Å². The number of thiophene rings is 1. The molecule has 0 fully saturated rings. The third-order valence-corrected chi connectivity index (χ3v) is 5.32. The van der Waals surface area contributed by atoms with E-state index in [1.165, 1.54) is 21.2 Å². The fraction of sp³-hybridized carbons (Fsp3) is 0.211. The minimum absolute atomic E-state index is 0.797. The Morgan fingerprint density at radius 2 is 2.12 bits per heavy atom. The maximum absolute atomic E-state index is 5.62.